The van der Waals surface area contributed by atoms with Gasteiger partial charge in [0.1, 0.15) is 5.60 Å². The van der Waals surface area contributed by atoms with Gasteiger partial charge in [-0.25, -0.2) is 0 Å². The van der Waals surface area contributed by atoms with E-state index < -0.39 is 11.7 Å². The van der Waals surface area contributed by atoms with Gasteiger partial charge in [0.05, 0.1) is 25.6 Å². The van der Waals surface area contributed by atoms with Crippen molar-refractivity contribution < 1.29 is 20.1 Å². The van der Waals surface area contributed by atoms with E-state index >= 15 is 0 Å². The lowest BCUT2D eigenvalue weighted by Crippen LogP contribution is -2.44. The summed E-state index contributed by atoms with van der Waals surface area (Å²) in [6.07, 6.45) is 3.16. The maximum atomic E-state index is 9.64. The normalized spacial score (nSPS) is 47.8. The van der Waals surface area contributed by atoms with Gasteiger partial charge in [0.2, 0.25) is 0 Å². The van der Waals surface area contributed by atoms with Crippen molar-refractivity contribution in [3.05, 3.63) is 12.3 Å². The molecule has 3 N–H and O–H groups in total. The molecule has 2 bridgehead atoms. The molecule has 1 heterocycles. The van der Waals surface area contributed by atoms with Gasteiger partial charge >= 0.3 is 0 Å². The molecule has 1 aliphatic heterocycles. The van der Waals surface area contributed by atoms with Gasteiger partial charge in [-0.3, -0.25) is 0 Å². The highest BCUT2D eigenvalue weighted by Crippen LogP contribution is 2.46. The molecule has 0 aromatic rings. The molecule has 1 saturated carbocycles. The summed E-state index contributed by atoms with van der Waals surface area (Å²) in [4.78, 5) is 0. The minimum Gasteiger partial charge on any atom is -0.492 e. The van der Waals surface area contributed by atoms with Crippen LogP contribution in [-0.2, 0) is 4.74 Å². The smallest absolute Gasteiger partial charge is 0.139 e. The van der Waals surface area contributed by atoms with Gasteiger partial charge < -0.3 is 20.1 Å². The average Bonchev–Trinajstić information content (AvgIpc) is 2.30. The number of hydrogen-bond acceptors (Lipinski definition) is 4. The van der Waals surface area contributed by atoms with E-state index in [0.29, 0.717) is 6.42 Å². The van der Waals surface area contributed by atoms with Gasteiger partial charge in [0.25, 0.3) is 0 Å². The highest BCUT2D eigenvalue weighted by Gasteiger charge is 2.55. The van der Waals surface area contributed by atoms with Crippen molar-refractivity contribution in [1.29, 1.82) is 0 Å². The third kappa shape index (κ3) is 1.10. The van der Waals surface area contributed by atoms with E-state index in [4.69, 9.17) is 9.84 Å². The molecule has 0 spiro atoms. The summed E-state index contributed by atoms with van der Waals surface area (Å²) >= 11 is 0. The molecule has 4 atom stereocenters. The molecular weight excluding hydrogens is 172 g/mol. The lowest BCUT2D eigenvalue weighted by atomic mass is 9.85. The monoisotopic (exact) mass is 186 g/mol. The first-order chi connectivity index (χ1) is 6.23. The Morgan fingerprint density at radius 3 is 2.77 bits per heavy atom. The maximum absolute atomic E-state index is 9.64. The topological polar surface area (TPSA) is 69.9 Å². The Hall–Kier alpha value is -0.580. The summed E-state index contributed by atoms with van der Waals surface area (Å²) in [5, 5.41) is 28.0. The summed E-state index contributed by atoms with van der Waals surface area (Å²) in [7, 11) is 0. The zero-order valence-electron chi connectivity index (χ0n) is 7.26. The summed E-state index contributed by atoms with van der Waals surface area (Å²) in [6.45, 7) is -0.219. The van der Waals surface area contributed by atoms with E-state index in [-0.39, 0.29) is 25.0 Å². The molecule has 2 aliphatic rings. The Morgan fingerprint density at radius 1 is 1.46 bits per heavy atom. The van der Waals surface area contributed by atoms with E-state index in [1.807, 2.05) is 0 Å². The molecular formula is C9H14O4. The van der Waals surface area contributed by atoms with Crippen molar-refractivity contribution >= 4 is 0 Å². The van der Waals surface area contributed by atoms with Gasteiger partial charge in [0.15, 0.2) is 0 Å². The molecule has 74 valence electrons. The maximum Gasteiger partial charge on any atom is 0.139 e. The lowest BCUT2D eigenvalue weighted by Gasteiger charge is -2.35. The van der Waals surface area contributed by atoms with Crippen LogP contribution < -0.4 is 0 Å². The molecule has 0 aromatic heterocycles. The standard InChI is InChI=1S/C9H14O4/c10-4-7-6-1-2-13-9(7,5-11)3-8(6)12/h1-2,6-8,10-12H,3-5H2/t6-,7+,8-,9+/m1/s1. The first kappa shape index (κ1) is 8.99. The van der Waals surface area contributed by atoms with Crippen LogP contribution in [0.25, 0.3) is 0 Å². The summed E-state index contributed by atoms with van der Waals surface area (Å²) < 4.78 is 5.33. The Bertz CT molecular complexity index is 228. The third-order valence-electron chi connectivity index (χ3n) is 3.21. The number of fused-ring (bicyclic) bond motifs is 2. The third-order valence-corrected chi connectivity index (χ3v) is 3.21. The molecule has 0 saturated heterocycles. The van der Waals surface area contributed by atoms with E-state index in [0.717, 1.165) is 0 Å². The van der Waals surface area contributed by atoms with Crippen molar-refractivity contribution in [1.82, 2.24) is 0 Å². The number of rotatable bonds is 2. The van der Waals surface area contributed by atoms with Crippen LogP contribution in [0, 0.1) is 11.8 Å². The van der Waals surface area contributed by atoms with Gasteiger partial charge in [-0.1, -0.05) is 0 Å². The molecule has 1 fully saturated rings. The number of hydrogen-bond donors (Lipinski definition) is 3. The molecule has 4 nitrogen and oxygen atoms in total. The highest BCUT2D eigenvalue weighted by molar-refractivity contribution is 5.12. The van der Waals surface area contributed by atoms with Crippen LogP contribution in [0.4, 0.5) is 0 Å². The molecule has 1 aliphatic carbocycles. The van der Waals surface area contributed by atoms with Crippen LogP contribution in [0.3, 0.4) is 0 Å². The van der Waals surface area contributed by atoms with E-state index in [9.17, 15) is 10.2 Å². The lowest BCUT2D eigenvalue weighted by molar-refractivity contribution is -0.0827. The average molecular weight is 186 g/mol. The molecule has 0 unspecified atom stereocenters. The zero-order valence-corrected chi connectivity index (χ0v) is 7.26. The zero-order chi connectivity index (χ0) is 9.47. The molecule has 0 amide bonds. The summed E-state index contributed by atoms with van der Waals surface area (Å²) in [5.41, 5.74) is -0.756. The predicted molar refractivity (Wildman–Crippen MR) is 44.7 cm³/mol. The largest absolute Gasteiger partial charge is 0.492 e. The minimum absolute atomic E-state index is 0.0629. The molecule has 13 heavy (non-hydrogen) atoms. The number of aliphatic hydroxyl groups is 3. The molecule has 0 radical (unpaired) electrons. The van der Waals surface area contributed by atoms with Crippen LogP contribution in [0.15, 0.2) is 12.3 Å². The van der Waals surface area contributed by atoms with Crippen molar-refractivity contribution in [2.75, 3.05) is 13.2 Å². The fourth-order valence-electron chi connectivity index (χ4n) is 2.43. The highest BCUT2D eigenvalue weighted by atomic mass is 16.5. The van der Waals surface area contributed by atoms with Crippen molar-refractivity contribution in [3.63, 3.8) is 0 Å². The van der Waals surface area contributed by atoms with E-state index in [1.165, 1.54) is 6.26 Å². The number of aliphatic hydroxyl groups excluding tert-OH is 3. The first-order valence-corrected chi connectivity index (χ1v) is 4.48. The Labute approximate surface area is 76.5 Å². The predicted octanol–water partition coefficient (Wildman–Crippen LogP) is -0.749. The van der Waals surface area contributed by atoms with Crippen LogP contribution >= 0.6 is 0 Å². The Morgan fingerprint density at radius 2 is 2.23 bits per heavy atom. The molecule has 2 rings (SSSR count). The van der Waals surface area contributed by atoms with Crippen LogP contribution in [0.5, 0.6) is 0 Å². The van der Waals surface area contributed by atoms with E-state index in [2.05, 4.69) is 0 Å². The van der Waals surface area contributed by atoms with Crippen LogP contribution in [0.1, 0.15) is 6.42 Å². The second kappa shape index (κ2) is 2.97. The molecule has 0 aromatic carbocycles. The van der Waals surface area contributed by atoms with Crippen LogP contribution in [0.2, 0.25) is 0 Å². The Kier molecular flexibility index (Phi) is 2.06. The Balaban J connectivity index is 2.31. The van der Waals surface area contributed by atoms with Gasteiger partial charge in [-0.15, -0.1) is 0 Å². The number of ether oxygens (including phenoxy) is 1. The van der Waals surface area contributed by atoms with Crippen molar-refractivity contribution in [3.8, 4) is 0 Å². The van der Waals surface area contributed by atoms with E-state index in [1.54, 1.807) is 6.08 Å². The SMILES string of the molecule is OC[C@H]1[C@H]2C=CO[C@]1(CO)C[C@H]2O. The van der Waals surface area contributed by atoms with Crippen LogP contribution in [-0.4, -0.2) is 40.2 Å². The first-order valence-electron chi connectivity index (χ1n) is 4.48. The second-order valence-electron chi connectivity index (χ2n) is 3.81. The fraction of sp³-hybridized carbons (Fsp3) is 0.778. The molecule has 4 heteroatoms. The fourth-order valence-corrected chi connectivity index (χ4v) is 2.43. The van der Waals surface area contributed by atoms with Crippen molar-refractivity contribution in [2.45, 2.75) is 18.1 Å². The van der Waals surface area contributed by atoms with Gasteiger partial charge in [0, 0.05) is 18.3 Å². The van der Waals surface area contributed by atoms with Gasteiger partial charge in [-0.2, -0.15) is 0 Å². The quantitative estimate of drug-likeness (QED) is 0.530. The summed E-state index contributed by atoms with van der Waals surface area (Å²) in [6, 6.07) is 0. The summed E-state index contributed by atoms with van der Waals surface area (Å²) in [5.74, 6) is -0.261. The van der Waals surface area contributed by atoms with Gasteiger partial charge in [-0.05, 0) is 6.08 Å². The van der Waals surface area contributed by atoms with Crippen molar-refractivity contribution in [2.24, 2.45) is 11.8 Å². The second-order valence-corrected chi connectivity index (χ2v) is 3.81. The minimum atomic E-state index is -0.756.